The third-order valence-corrected chi connectivity index (χ3v) is 3.34. The summed E-state index contributed by atoms with van der Waals surface area (Å²) in [6.07, 6.45) is 4.40. The van der Waals surface area contributed by atoms with Crippen LogP contribution < -0.4 is 10.1 Å². The number of aliphatic hydroxyl groups is 1. The van der Waals surface area contributed by atoms with Crippen molar-refractivity contribution in [2.45, 2.75) is 44.7 Å². The van der Waals surface area contributed by atoms with Gasteiger partial charge in [-0.2, -0.15) is 0 Å². The number of nitrogens with one attached hydrogen (secondary N) is 1. The van der Waals surface area contributed by atoms with Gasteiger partial charge in [0.1, 0.15) is 5.75 Å². The Morgan fingerprint density at radius 1 is 1.33 bits per heavy atom. The lowest BCUT2D eigenvalue weighted by molar-refractivity contribution is 0.207. The molecule has 1 aliphatic carbocycles. The molecule has 0 saturated heterocycles. The summed E-state index contributed by atoms with van der Waals surface area (Å²) in [4.78, 5) is 0. The molecule has 0 aromatic heterocycles. The normalized spacial score (nSPS) is 16.6. The van der Waals surface area contributed by atoms with Crippen molar-refractivity contribution in [2.75, 3.05) is 13.2 Å². The van der Waals surface area contributed by atoms with Gasteiger partial charge in [-0.15, -0.1) is 0 Å². The van der Waals surface area contributed by atoms with E-state index in [2.05, 4.69) is 24.4 Å². The summed E-state index contributed by atoms with van der Waals surface area (Å²) in [7, 11) is 0. The third kappa shape index (κ3) is 4.31. The number of hydrogen-bond acceptors (Lipinski definition) is 3. The Bertz CT molecular complexity index is 346. The highest BCUT2D eigenvalue weighted by molar-refractivity contribution is 5.27. The molecule has 1 atom stereocenters. The monoisotopic (exact) mass is 249 g/mol. The molecule has 1 aliphatic rings. The molecular formula is C15H23NO2. The second-order valence-corrected chi connectivity index (χ2v) is 4.96. The van der Waals surface area contributed by atoms with Crippen molar-refractivity contribution < 1.29 is 9.84 Å². The Hall–Kier alpha value is -1.06. The van der Waals surface area contributed by atoms with E-state index >= 15 is 0 Å². The van der Waals surface area contributed by atoms with Crippen molar-refractivity contribution in [1.29, 1.82) is 0 Å². The molecule has 1 unspecified atom stereocenters. The minimum absolute atomic E-state index is 0.174. The largest absolute Gasteiger partial charge is 0.494 e. The summed E-state index contributed by atoms with van der Waals surface area (Å²) in [6, 6.07) is 9.03. The molecule has 3 heteroatoms. The number of aryl methyl sites for hydroxylation is 1. The Labute approximate surface area is 109 Å². The van der Waals surface area contributed by atoms with E-state index in [4.69, 9.17) is 4.74 Å². The Morgan fingerprint density at radius 3 is 2.61 bits per heavy atom. The van der Waals surface area contributed by atoms with Crippen LogP contribution in [0.3, 0.4) is 0 Å². The number of hydrogen-bond donors (Lipinski definition) is 2. The molecule has 0 amide bonds. The van der Waals surface area contributed by atoms with Gasteiger partial charge in [0.05, 0.1) is 13.2 Å². The second-order valence-electron chi connectivity index (χ2n) is 4.96. The average Bonchev–Trinajstić information content (AvgIpc) is 3.22. The van der Waals surface area contributed by atoms with E-state index in [0.29, 0.717) is 12.6 Å². The van der Waals surface area contributed by atoms with Gasteiger partial charge in [-0.25, -0.2) is 0 Å². The van der Waals surface area contributed by atoms with Crippen molar-refractivity contribution in [1.82, 2.24) is 5.32 Å². The van der Waals surface area contributed by atoms with Crippen molar-refractivity contribution in [2.24, 2.45) is 0 Å². The first-order chi connectivity index (χ1) is 8.81. The van der Waals surface area contributed by atoms with Gasteiger partial charge >= 0.3 is 0 Å². The van der Waals surface area contributed by atoms with Crippen LogP contribution in [0.25, 0.3) is 0 Å². The van der Waals surface area contributed by atoms with E-state index in [1.165, 1.54) is 18.4 Å². The molecule has 100 valence electrons. The van der Waals surface area contributed by atoms with Crippen molar-refractivity contribution in [3.8, 4) is 5.75 Å². The van der Waals surface area contributed by atoms with Gasteiger partial charge in [0.2, 0.25) is 0 Å². The maximum Gasteiger partial charge on any atom is 0.119 e. The molecule has 1 aromatic carbocycles. The summed E-state index contributed by atoms with van der Waals surface area (Å²) in [6.45, 7) is 2.98. The third-order valence-electron chi connectivity index (χ3n) is 3.34. The Morgan fingerprint density at radius 2 is 2.06 bits per heavy atom. The van der Waals surface area contributed by atoms with Gasteiger partial charge in [-0.1, -0.05) is 19.1 Å². The lowest BCUT2D eigenvalue weighted by atomic mass is 10.2. The Balaban J connectivity index is 1.69. The highest BCUT2D eigenvalue weighted by Crippen LogP contribution is 2.20. The van der Waals surface area contributed by atoms with Gasteiger partial charge in [0.25, 0.3) is 0 Å². The van der Waals surface area contributed by atoms with Crippen molar-refractivity contribution in [3.05, 3.63) is 29.8 Å². The van der Waals surface area contributed by atoms with Crippen molar-refractivity contribution in [3.63, 3.8) is 0 Å². The molecule has 1 fully saturated rings. The molecule has 0 heterocycles. The number of rotatable bonds is 8. The summed E-state index contributed by atoms with van der Waals surface area (Å²) in [5, 5.41) is 12.7. The summed E-state index contributed by atoms with van der Waals surface area (Å²) >= 11 is 0. The van der Waals surface area contributed by atoms with Crippen molar-refractivity contribution >= 4 is 0 Å². The lowest BCUT2D eigenvalue weighted by Gasteiger charge is -2.16. The fourth-order valence-electron chi connectivity index (χ4n) is 1.95. The van der Waals surface area contributed by atoms with E-state index in [1.54, 1.807) is 0 Å². The topological polar surface area (TPSA) is 41.5 Å². The van der Waals surface area contributed by atoms with Crippen LogP contribution in [0.5, 0.6) is 5.75 Å². The Kier molecular flexibility index (Phi) is 5.02. The van der Waals surface area contributed by atoms with E-state index in [9.17, 15) is 5.11 Å². The highest BCUT2D eigenvalue weighted by atomic mass is 16.5. The van der Waals surface area contributed by atoms with Gasteiger partial charge < -0.3 is 15.2 Å². The molecule has 2 N–H and O–H groups in total. The number of aliphatic hydroxyl groups excluding tert-OH is 1. The van der Waals surface area contributed by atoms with Gasteiger partial charge in [-0.05, 0) is 43.4 Å². The predicted octanol–water partition coefficient (Wildman–Crippen LogP) is 2.13. The minimum Gasteiger partial charge on any atom is -0.494 e. The van der Waals surface area contributed by atoms with E-state index < -0.39 is 0 Å². The van der Waals surface area contributed by atoms with Crippen LogP contribution in [0, 0.1) is 0 Å². The highest BCUT2D eigenvalue weighted by Gasteiger charge is 2.23. The zero-order valence-electron chi connectivity index (χ0n) is 11.1. The van der Waals surface area contributed by atoms with Crippen LogP contribution in [0.15, 0.2) is 24.3 Å². The van der Waals surface area contributed by atoms with Crippen LogP contribution in [0.4, 0.5) is 0 Å². The number of ether oxygens (including phenoxy) is 1. The van der Waals surface area contributed by atoms with Crippen LogP contribution in [0.2, 0.25) is 0 Å². The van der Waals surface area contributed by atoms with E-state index in [-0.39, 0.29) is 12.6 Å². The molecular weight excluding hydrogens is 226 g/mol. The summed E-state index contributed by atoms with van der Waals surface area (Å²) < 4.78 is 5.69. The number of benzene rings is 1. The van der Waals surface area contributed by atoms with Gasteiger partial charge in [0.15, 0.2) is 0 Å². The zero-order chi connectivity index (χ0) is 12.8. The summed E-state index contributed by atoms with van der Waals surface area (Å²) in [5.41, 5.74) is 1.32. The molecule has 1 saturated carbocycles. The first-order valence-corrected chi connectivity index (χ1v) is 6.90. The average molecular weight is 249 g/mol. The fraction of sp³-hybridized carbons (Fsp3) is 0.600. The molecule has 2 rings (SSSR count). The predicted molar refractivity (Wildman–Crippen MR) is 73.0 cm³/mol. The first-order valence-electron chi connectivity index (χ1n) is 6.90. The lowest BCUT2D eigenvalue weighted by Crippen LogP contribution is -2.35. The second kappa shape index (κ2) is 6.76. The molecule has 0 bridgehead atoms. The fourth-order valence-corrected chi connectivity index (χ4v) is 1.95. The van der Waals surface area contributed by atoms with Crippen LogP contribution in [-0.4, -0.2) is 30.4 Å². The quantitative estimate of drug-likeness (QED) is 0.741. The molecule has 0 spiro atoms. The van der Waals surface area contributed by atoms with E-state index in [1.807, 2.05) is 12.1 Å². The van der Waals surface area contributed by atoms with E-state index in [0.717, 1.165) is 18.6 Å². The maximum atomic E-state index is 9.25. The minimum atomic E-state index is 0.174. The van der Waals surface area contributed by atoms with Crippen LogP contribution in [-0.2, 0) is 6.42 Å². The van der Waals surface area contributed by atoms with Crippen LogP contribution >= 0.6 is 0 Å². The molecule has 18 heavy (non-hydrogen) atoms. The first kappa shape index (κ1) is 13.4. The summed E-state index contributed by atoms with van der Waals surface area (Å²) in [5.74, 6) is 0.912. The molecule has 0 aliphatic heterocycles. The molecule has 1 aromatic rings. The van der Waals surface area contributed by atoms with Gasteiger partial charge in [-0.3, -0.25) is 0 Å². The maximum absolute atomic E-state index is 9.25. The smallest absolute Gasteiger partial charge is 0.119 e. The zero-order valence-corrected chi connectivity index (χ0v) is 11.1. The standard InChI is InChI=1S/C15H23NO2/c1-2-12-3-7-15(8-4-12)18-10-9-14(11-17)16-13-5-6-13/h3-4,7-8,13-14,16-17H,2,5-6,9-11H2,1H3. The molecule has 0 radical (unpaired) electrons. The SMILES string of the molecule is CCc1ccc(OCCC(CO)NC2CC2)cc1. The molecule has 3 nitrogen and oxygen atoms in total. The van der Waals surface area contributed by atoms with Crippen LogP contribution in [0.1, 0.15) is 31.7 Å². The van der Waals surface area contributed by atoms with Gasteiger partial charge in [0, 0.05) is 12.1 Å².